The summed E-state index contributed by atoms with van der Waals surface area (Å²) in [5.41, 5.74) is -0.549. The molecule has 3 unspecified atom stereocenters. The number of ether oxygens (including phenoxy) is 4. The Morgan fingerprint density at radius 3 is 2.52 bits per heavy atom. The summed E-state index contributed by atoms with van der Waals surface area (Å²) in [5.74, 6) is 0.558. The molecule has 2 saturated carbocycles. The summed E-state index contributed by atoms with van der Waals surface area (Å²) in [6, 6.07) is 2.57. The minimum atomic E-state index is -0.549. The fourth-order valence-electron chi connectivity index (χ4n) is 6.58. The molecule has 2 aliphatic heterocycles. The van der Waals surface area contributed by atoms with Crippen LogP contribution in [0.4, 0.5) is 0 Å². The SMILES string of the molecule is CCCCC[C@@H](CC[C@@H]1C2CC(=O)C[C@@]2(C#N)C[C@H]1OC1CCCCO1)OC1CCCCO1. The first-order valence-corrected chi connectivity index (χ1v) is 13.6. The van der Waals surface area contributed by atoms with Gasteiger partial charge in [0, 0.05) is 26.1 Å². The number of unbranched alkanes of at least 4 members (excludes halogenated alkanes) is 2. The van der Waals surface area contributed by atoms with Crippen LogP contribution in [-0.2, 0) is 23.7 Å². The summed E-state index contributed by atoms with van der Waals surface area (Å²) in [7, 11) is 0. The van der Waals surface area contributed by atoms with Crippen LogP contribution in [0.15, 0.2) is 0 Å². The third-order valence-electron chi connectivity index (χ3n) is 8.35. The molecule has 0 spiro atoms. The normalized spacial score (nSPS) is 37.6. The minimum absolute atomic E-state index is 0.00641. The van der Waals surface area contributed by atoms with Crippen LogP contribution in [0.5, 0.6) is 0 Å². The number of nitrogens with zero attached hydrogens (tertiary/aromatic N) is 1. The number of hydrogen-bond donors (Lipinski definition) is 0. The summed E-state index contributed by atoms with van der Waals surface area (Å²) in [5, 5.41) is 10.1. The van der Waals surface area contributed by atoms with Gasteiger partial charge in [0.2, 0.25) is 0 Å². The molecule has 186 valence electrons. The Bertz CT molecular complexity index is 666. The Hall–Kier alpha value is -1.00. The van der Waals surface area contributed by atoms with Crippen molar-refractivity contribution in [1.29, 1.82) is 5.26 Å². The molecule has 4 rings (SSSR count). The number of hydrogen-bond acceptors (Lipinski definition) is 6. The number of ketones is 1. The first-order valence-electron chi connectivity index (χ1n) is 13.6. The van der Waals surface area contributed by atoms with E-state index in [-0.39, 0.29) is 42.4 Å². The number of Topliss-reactive ketones (excluding diaryl/α,β-unsaturated/α-hetero) is 1. The highest BCUT2D eigenvalue weighted by molar-refractivity contribution is 5.83. The average molecular weight is 462 g/mol. The Balaban J connectivity index is 1.42. The molecule has 0 aromatic carbocycles. The molecular formula is C27H43NO5. The van der Waals surface area contributed by atoms with Gasteiger partial charge in [-0.05, 0) is 76.0 Å². The molecule has 0 aromatic heterocycles. The standard InChI is InChI=1S/C27H43NO5/c1-2-3-4-9-21(32-25-10-5-7-14-30-25)12-13-22-23-16-20(29)17-27(23,19-28)18-24(22)33-26-11-6-8-15-31-26/h21-26H,2-18H2,1H3/t21-,22+,23?,24+,25?,26?,27-/m0/s1. The van der Waals surface area contributed by atoms with E-state index in [1.165, 1.54) is 25.7 Å². The molecule has 0 bridgehead atoms. The molecule has 0 amide bonds. The number of fused-ring (bicyclic) bond motifs is 1. The predicted molar refractivity (Wildman–Crippen MR) is 124 cm³/mol. The fraction of sp³-hybridized carbons (Fsp3) is 0.926. The summed E-state index contributed by atoms with van der Waals surface area (Å²) in [6.45, 7) is 3.77. The molecule has 6 nitrogen and oxygen atoms in total. The Kier molecular flexibility index (Phi) is 9.21. The van der Waals surface area contributed by atoms with E-state index < -0.39 is 5.41 Å². The molecule has 0 aromatic rings. The summed E-state index contributed by atoms with van der Waals surface area (Å²) < 4.78 is 24.7. The van der Waals surface area contributed by atoms with E-state index in [0.29, 0.717) is 19.3 Å². The molecule has 6 heteroatoms. The second-order valence-electron chi connectivity index (χ2n) is 10.8. The van der Waals surface area contributed by atoms with Crippen molar-refractivity contribution in [1.82, 2.24) is 0 Å². The van der Waals surface area contributed by atoms with Gasteiger partial charge < -0.3 is 18.9 Å². The van der Waals surface area contributed by atoms with E-state index in [1.54, 1.807) is 0 Å². The van der Waals surface area contributed by atoms with Gasteiger partial charge in [-0.2, -0.15) is 5.26 Å². The predicted octanol–water partition coefficient (Wildman–Crippen LogP) is 5.68. The molecule has 0 N–H and O–H groups in total. The first-order chi connectivity index (χ1) is 16.1. The second-order valence-corrected chi connectivity index (χ2v) is 10.8. The lowest BCUT2D eigenvalue weighted by Crippen LogP contribution is -2.33. The summed E-state index contributed by atoms with van der Waals surface area (Å²) in [6.07, 6.45) is 14.4. The van der Waals surface area contributed by atoms with E-state index >= 15 is 0 Å². The van der Waals surface area contributed by atoms with Crippen LogP contribution in [0, 0.1) is 28.6 Å². The maximum Gasteiger partial charge on any atom is 0.157 e. The molecule has 4 fully saturated rings. The van der Waals surface area contributed by atoms with Gasteiger partial charge in [0.25, 0.3) is 0 Å². The molecule has 2 heterocycles. The molecule has 7 atom stereocenters. The molecule has 2 aliphatic carbocycles. The van der Waals surface area contributed by atoms with Crippen molar-refractivity contribution in [2.24, 2.45) is 17.3 Å². The number of carbonyl (C=O) groups is 1. The van der Waals surface area contributed by atoms with E-state index in [0.717, 1.165) is 64.6 Å². The van der Waals surface area contributed by atoms with Crippen molar-refractivity contribution >= 4 is 5.78 Å². The maximum absolute atomic E-state index is 12.4. The maximum atomic E-state index is 12.4. The number of rotatable bonds is 11. The lowest BCUT2D eigenvalue weighted by Gasteiger charge is -2.32. The highest BCUT2D eigenvalue weighted by atomic mass is 16.7. The molecule has 33 heavy (non-hydrogen) atoms. The Morgan fingerprint density at radius 1 is 1.09 bits per heavy atom. The topological polar surface area (TPSA) is 77.8 Å². The van der Waals surface area contributed by atoms with Gasteiger partial charge in [0.15, 0.2) is 12.6 Å². The van der Waals surface area contributed by atoms with Gasteiger partial charge in [-0.3, -0.25) is 4.79 Å². The summed E-state index contributed by atoms with van der Waals surface area (Å²) >= 11 is 0. The van der Waals surface area contributed by atoms with Crippen molar-refractivity contribution in [2.45, 2.75) is 128 Å². The van der Waals surface area contributed by atoms with Crippen LogP contribution in [0.3, 0.4) is 0 Å². The summed E-state index contributed by atoms with van der Waals surface area (Å²) in [4.78, 5) is 12.4. The van der Waals surface area contributed by atoms with Gasteiger partial charge in [-0.15, -0.1) is 0 Å². The van der Waals surface area contributed by atoms with Gasteiger partial charge in [0.1, 0.15) is 5.78 Å². The highest BCUT2D eigenvalue weighted by Crippen LogP contribution is 2.57. The van der Waals surface area contributed by atoms with Crippen molar-refractivity contribution in [3.05, 3.63) is 0 Å². The minimum Gasteiger partial charge on any atom is -0.353 e. The second kappa shape index (κ2) is 12.1. The zero-order chi connectivity index (χ0) is 23.1. The van der Waals surface area contributed by atoms with Crippen LogP contribution in [0.1, 0.15) is 103 Å². The largest absolute Gasteiger partial charge is 0.353 e. The van der Waals surface area contributed by atoms with Crippen molar-refractivity contribution in [2.75, 3.05) is 13.2 Å². The average Bonchev–Trinajstić information content (AvgIpc) is 3.29. The quantitative estimate of drug-likeness (QED) is 0.368. The van der Waals surface area contributed by atoms with Crippen LogP contribution >= 0.6 is 0 Å². The van der Waals surface area contributed by atoms with Crippen molar-refractivity contribution in [3.8, 4) is 6.07 Å². The van der Waals surface area contributed by atoms with Crippen LogP contribution < -0.4 is 0 Å². The van der Waals surface area contributed by atoms with Crippen LogP contribution in [0.2, 0.25) is 0 Å². The van der Waals surface area contributed by atoms with Crippen LogP contribution in [0.25, 0.3) is 0 Å². The van der Waals surface area contributed by atoms with Crippen molar-refractivity contribution in [3.63, 3.8) is 0 Å². The van der Waals surface area contributed by atoms with Gasteiger partial charge in [-0.25, -0.2) is 0 Å². The van der Waals surface area contributed by atoms with Crippen molar-refractivity contribution < 1.29 is 23.7 Å². The smallest absolute Gasteiger partial charge is 0.157 e. The molecule has 2 saturated heterocycles. The van der Waals surface area contributed by atoms with E-state index in [9.17, 15) is 10.1 Å². The Morgan fingerprint density at radius 2 is 1.85 bits per heavy atom. The van der Waals surface area contributed by atoms with E-state index in [4.69, 9.17) is 18.9 Å². The van der Waals surface area contributed by atoms with Gasteiger partial charge in [-0.1, -0.05) is 26.2 Å². The van der Waals surface area contributed by atoms with Gasteiger partial charge in [0.05, 0.1) is 23.7 Å². The van der Waals surface area contributed by atoms with Crippen LogP contribution in [-0.4, -0.2) is 43.8 Å². The lowest BCUT2D eigenvalue weighted by molar-refractivity contribution is -0.201. The lowest BCUT2D eigenvalue weighted by atomic mass is 9.78. The first kappa shape index (κ1) is 25.1. The van der Waals surface area contributed by atoms with Gasteiger partial charge >= 0.3 is 0 Å². The molecule has 0 radical (unpaired) electrons. The Labute approximate surface area is 199 Å². The molecular weight excluding hydrogens is 418 g/mol. The number of nitriles is 1. The zero-order valence-corrected chi connectivity index (χ0v) is 20.5. The van der Waals surface area contributed by atoms with E-state index in [2.05, 4.69) is 13.0 Å². The zero-order valence-electron chi connectivity index (χ0n) is 20.5. The third kappa shape index (κ3) is 6.36. The highest BCUT2D eigenvalue weighted by Gasteiger charge is 2.59. The monoisotopic (exact) mass is 461 g/mol. The fourth-order valence-corrected chi connectivity index (χ4v) is 6.58. The van der Waals surface area contributed by atoms with E-state index in [1.807, 2.05) is 0 Å². The molecule has 4 aliphatic rings. The number of carbonyl (C=O) groups excluding carboxylic acids is 1. The third-order valence-corrected chi connectivity index (χ3v) is 8.35.